The molecule has 9 heteroatoms. The molecule has 6 nitrogen and oxygen atoms in total. The molecule has 1 atom stereocenters. The summed E-state index contributed by atoms with van der Waals surface area (Å²) in [6.07, 6.45) is 0. The number of hydrogen-bond donors (Lipinski definition) is 0. The van der Waals surface area contributed by atoms with E-state index in [2.05, 4.69) is 4.99 Å². The van der Waals surface area contributed by atoms with Crippen molar-refractivity contribution < 1.29 is 17.9 Å². The topological polar surface area (TPSA) is 76.0 Å². The lowest BCUT2D eigenvalue weighted by atomic mass is 9.97. The van der Waals surface area contributed by atoms with Gasteiger partial charge in [-0.3, -0.25) is 4.99 Å². The Balaban J connectivity index is 2.63. The summed E-state index contributed by atoms with van der Waals surface area (Å²) in [5.74, 6) is -0.831. The van der Waals surface area contributed by atoms with E-state index in [0.717, 1.165) is 9.87 Å². The van der Waals surface area contributed by atoms with E-state index in [1.807, 2.05) is 6.92 Å². The number of carbonyl (C=O) groups excluding carboxylic acids is 1. The summed E-state index contributed by atoms with van der Waals surface area (Å²) >= 11 is 11.8. The van der Waals surface area contributed by atoms with Gasteiger partial charge in [-0.05, 0) is 32.9 Å². The second kappa shape index (κ2) is 6.54. The van der Waals surface area contributed by atoms with Crippen molar-refractivity contribution in [3.63, 3.8) is 0 Å². The minimum absolute atomic E-state index is 0.0152. The molecule has 0 radical (unpaired) electrons. The van der Waals surface area contributed by atoms with Crippen LogP contribution in [0.5, 0.6) is 0 Å². The summed E-state index contributed by atoms with van der Waals surface area (Å²) in [4.78, 5) is 15.3. The molecule has 0 fully saturated rings. The number of hydrogen-bond acceptors (Lipinski definition) is 5. The number of carbonyl (C=O) groups is 1. The van der Waals surface area contributed by atoms with Gasteiger partial charge < -0.3 is 4.74 Å². The molecule has 0 amide bonds. The number of amidine groups is 1. The fourth-order valence-corrected chi connectivity index (χ4v) is 4.70. The SMILES string of the molecule is COC(=O)[C@H]1N(S(=O)(=O)c2ccc(C)cc2)C(C(Cl)Cl)=NC1(C)C. The van der Waals surface area contributed by atoms with Gasteiger partial charge in [-0.1, -0.05) is 40.9 Å². The smallest absolute Gasteiger partial charge is 0.332 e. The zero-order valence-electron chi connectivity index (χ0n) is 13.7. The monoisotopic (exact) mass is 392 g/mol. The molecule has 0 spiro atoms. The number of sulfonamides is 1. The molecule has 24 heavy (non-hydrogen) atoms. The second-order valence-electron chi connectivity index (χ2n) is 5.96. The molecule has 0 unspecified atom stereocenters. The first kappa shape index (κ1) is 19.0. The number of methoxy groups -OCH3 is 1. The van der Waals surface area contributed by atoms with Crippen LogP contribution >= 0.6 is 23.2 Å². The third kappa shape index (κ3) is 3.25. The highest BCUT2D eigenvalue weighted by molar-refractivity contribution is 7.89. The number of ether oxygens (including phenoxy) is 1. The number of alkyl halides is 2. The first-order valence-corrected chi connectivity index (χ1v) is 9.40. The zero-order valence-corrected chi connectivity index (χ0v) is 16.0. The Hall–Kier alpha value is -1.31. The van der Waals surface area contributed by atoms with Crippen molar-refractivity contribution in [2.75, 3.05) is 7.11 Å². The first-order chi connectivity index (χ1) is 11.0. The minimum atomic E-state index is -4.09. The highest BCUT2D eigenvalue weighted by Crippen LogP contribution is 2.36. The van der Waals surface area contributed by atoms with Crippen LogP contribution in [0.4, 0.5) is 0 Å². The van der Waals surface area contributed by atoms with Gasteiger partial charge in [-0.2, -0.15) is 0 Å². The van der Waals surface area contributed by atoms with Crippen LogP contribution in [0.3, 0.4) is 0 Å². The maximum Gasteiger partial charge on any atom is 0.332 e. The molecular weight excluding hydrogens is 375 g/mol. The Kier molecular flexibility index (Phi) is 5.18. The van der Waals surface area contributed by atoms with Gasteiger partial charge in [0.25, 0.3) is 10.0 Å². The Morgan fingerprint density at radius 1 is 1.29 bits per heavy atom. The fourth-order valence-electron chi connectivity index (χ4n) is 2.55. The van der Waals surface area contributed by atoms with Gasteiger partial charge in [0.2, 0.25) is 0 Å². The summed E-state index contributed by atoms with van der Waals surface area (Å²) < 4.78 is 31.8. The van der Waals surface area contributed by atoms with Gasteiger partial charge in [0.05, 0.1) is 17.5 Å². The van der Waals surface area contributed by atoms with E-state index in [4.69, 9.17) is 27.9 Å². The predicted molar refractivity (Wildman–Crippen MR) is 93.0 cm³/mol. The lowest BCUT2D eigenvalue weighted by Gasteiger charge is -2.30. The molecule has 0 saturated heterocycles. The molecule has 2 rings (SSSR count). The Bertz CT molecular complexity index is 773. The maximum absolute atomic E-state index is 13.1. The van der Waals surface area contributed by atoms with Crippen molar-refractivity contribution in [3.05, 3.63) is 29.8 Å². The van der Waals surface area contributed by atoms with Crippen molar-refractivity contribution in [2.24, 2.45) is 4.99 Å². The summed E-state index contributed by atoms with van der Waals surface area (Å²) in [6.45, 7) is 5.08. The van der Waals surface area contributed by atoms with Crippen LogP contribution in [0.2, 0.25) is 0 Å². The van der Waals surface area contributed by atoms with Crippen LogP contribution in [-0.2, 0) is 19.6 Å². The van der Waals surface area contributed by atoms with Gasteiger partial charge in [0, 0.05) is 0 Å². The van der Waals surface area contributed by atoms with Crippen LogP contribution in [0, 0.1) is 6.92 Å². The average molecular weight is 393 g/mol. The van der Waals surface area contributed by atoms with E-state index in [-0.39, 0.29) is 10.7 Å². The molecule has 0 N–H and O–H groups in total. The van der Waals surface area contributed by atoms with E-state index in [1.54, 1.807) is 26.0 Å². The number of rotatable bonds is 4. The molecule has 0 aliphatic carbocycles. The fraction of sp³-hybridized carbons (Fsp3) is 0.467. The summed E-state index contributed by atoms with van der Waals surface area (Å²) in [5.41, 5.74) is -0.163. The van der Waals surface area contributed by atoms with Crippen LogP contribution < -0.4 is 0 Å². The highest BCUT2D eigenvalue weighted by atomic mass is 35.5. The minimum Gasteiger partial charge on any atom is -0.467 e. The average Bonchev–Trinajstić information content (AvgIpc) is 2.79. The van der Waals surface area contributed by atoms with E-state index < -0.39 is 32.4 Å². The van der Waals surface area contributed by atoms with Crippen molar-refractivity contribution in [2.45, 2.75) is 42.1 Å². The van der Waals surface area contributed by atoms with Gasteiger partial charge in [-0.25, -0.2) is 17.5 Å². The molecule has 132 valence electrons. The van der Waals surface area contributed by atoms with Crippen LogP contribution in [0.25, 0.3) is 0 Å². The largest absolute Gasteiger partial charge is 0.467 e. The third-order valence-corrected chi connectivity index (χ3v) is 5.90. The number of benzene rings is 1. The number of nitrogens with zero attached hydrogens (tertiary/aromatic N) is 2. The first-order valence-electron chi connectivity index (χ1n) is 7.09. The standard InChI is InChI=1S/C15H18Cl2N2O4S/c1-9-5-7-10(8-6-9)24(21,22)19-11(14(20)23-4)15(2,3)18-13(19)12(16)17/h5-8,11-12H,1-4H3/t11-/m1/s1. The summed E-state index contributed by atoms with van der Waals surface area (Å²) in [7, 11) is -2.91. The van der Waals surface area contributed by atoms with Crippen LogP contribution in [0.1, 0.15) is 19.4 Å². The number of halogens is 2. The summed E-state index contributed by atoms with van der Waals surface area (Å²) in [5, 5.41) is 0. The van der Waals surface area contributed by atoms with Crippen molar-refractivity contribution in [1.29, 1.82) is 0 Å². The Morgan fingerprint density at radius 3 is 2.29 bits per heavy atom. The molecule has 0 saturated carbocycles. The third-order valence-electron chi connectivity index (χ3n) is 3.73. The Labute approximate surface area is 151 Å². The van der Waals surface area contributed by atoms with E-state index in [0.29, 0.717) is 0 Å². The maximum atomic E-state index is 13.1. The molecular formula is C15H18Cl2N2O4S. The summed E-state index contributed by atoms with van der Waals surface area (Å²) in [6, 6.07) is 5.05. The van der Waals surface area contributed by atoms with Gasteiger partial charge in [-0.15, -0.1) is 0 Å². The quantitative estimate of drug-likeness (QED) is 0.582. The zero-order chi connectivity index (χ0) is 18.3. The van der Waals surface area contributed by atoms with E-state index >= 15 is 0 Å². The van der Waals surface area contributed by atoms with Crippen molar-refractivity contribution >= 4 is 45.0 Å². The number of esters is 1. The van der Waals surface area contributed by atoms with Gasteiger partial charge in [0.15, 0.2) is 10.9 Å². The molecule has 0 aromatic heterocycles. The molecule has 1 aliphatic heterocycles. The normalized spacial score (nSPS) is 20.2. The van der Waals surface area contributed by atoms with Crippen LogP contribution in [-0.4, -0.2) is 48.1 Å². The highest BCUT2D eigenvalue weighted by Gasteiger charge is 2.53. The van der Waals surface area contributed by atoms with Crippen LogP contribution in [0.15, 0.2) is 34.2 Å². The second-order valence-corrected chi connectivity index (χ2v) is 8.88. The van der Waals surface area contributed by atoms with Gasteiger partial charge >= 0.3 is 5.97 Å². The van der Waals surface area contributed by atoms with Gasteiger partial charge in [0.1, 0.15) is 5.84 Å². The van der Waals surface area contributed by atoms with Crippen molar-refractivity contribution in [3.8, 4) is 0 Å². The van der Waals surface area contributed by atoms with Crippen molar-refractivity contribution in [1.82, 2.24) is 4.31 Å². The molecule has 1 aromatic carbocycles. The van der Waals surface area contributed by atoms with E-state index in [1.165, 1.54) is 19.2 Å². The Morgan fingerprint density at radius 2 is 1.83 bits per heavy atom. The van der Waals surface area contributed by atoms with E-state index in [9.17, 15) is 13.2 Å². The lowest BCUT2D eigenvalue weighted by Crippen LogP contribution is -2.53. The number of aliphatic imine (C=N–C) groups is 1. The molecule has 0 bridgehead atoms. The molecule has 1 aliphatic rings. The molecule has 1 aromatic rings. The molecule has 1 heterocycles. The lowest BCUT2D eigenvalue weighted by molar-refractivity contribution is -0.145. The predicted octanol–water partition coefficient (Wildman–Crippen LogP) is 2.52. The number of aryl methyl sites for hydroxylation is 1.